The quantitative estimate of drug-likeness (QED) is 0.439. The van der Waals surface area contributed by atoms with Gasteiger partial charge in [0.15, 0.2) is 6.10 Å². The Kier molecular flexibility index (Phi) is 8.90. The number of likely N-dealkylation sites (tertiary alicyclic amines) is 2. The van der Waals surface area contributed by atoms with Crippen LogP contribution in [0.5, 0.6) is 0 Å². The SMILES string of the molecule is CN(C)C1CCN(C(=O)[C@@H](Cc2cc(Cl)c(N)c(C(F)(F)F)c2)OC(=O)N2CCC3(CC2)OC(=O)Nc2ccccc23)CC1. The molecule has 0 radical (unpaired) electrons. The highest BCUT2D eigenvalue weighted by Crippen LogP contribution is 2.43. The lowest BCUT2D eigenvalue weighted by Gasteiger charge is -2.44. The number of halogens is 4. The summed E-state index contributed by atoms with van der Waals surface area (Å²) in [5.74, 6) is -0.494. The molecule has 44 heavy (non-hydrogen) atoms. The summed E-state index contributed by atoms with van der Waals surface area (Å²) in [4.78, 5) is 44.5. The van der Waals surface area contributed by atoms with Crippen LogP contribution in [0.25, 0.3) is 0 Å². The highest BCUT2D eigenvalue weighted by molar-refractivity contribution is 6.33. The lowest BCUT2D eigenvalue weighted by molar-refractivity contribution is -0.142. The van der Waals surface area contributed by atoms with Gasteiger partial charge in [-0.2, -0.15) is 13.2 Å². The third kappa shape index (κ3) is 6.53. The lowest BCUT2D eigenvalue weighted by Crippen LogP contribution is -2.52. The maximum absolute atomic E-state index is 13.7. The van der Waals surface area contributed by atoms with E-state index in [4.69, 9.17) is 26.8 Å². The number of nitrogens with two attached hydrogens (primary N) is 1. The van der Waals surface area contributed by atoms with Crippen molar-refractivity contribution >= 4 is 41.1 Å². The van der Waals surface area contributed by atoms with Crippen molar-refractivity contribution in [3.63, 3.8) is 0 Å². The summed E-state index contributed by atoms with van der Waals surface area (Å²) in [6.07, 6.45) is -5.85. The second kappa shape index (κ2) is 12.4. The number of benzene rings is 2. The molecule has 5 rings (SSSR count). The van der Waals surface area contributed by atoms with E-state index in [1.807, 2.05) is 26.2 Å². The van der Waals surface area contributed by atoms with E-state index in [0.29, 0.717) is 44.5 Å². The number of hydrogen-bond donors (Lipinski definition) is 2. The number of anilines is 2. The predicted molar refractivity (Wildman–Crippen MR) is 157 cm³/mol. The van der Waals surface area contributed by atoms with Crippen LogP contribution < -0.4 is 11.1 Å². The fourth-order valence-corrected chi connectivity index (χ4v) is 6.44. The van der Waals surface area contributed by atoms with Crippen molar-refractivity contribution in [2.75, 3.05) is 51.3 Å². The zero-order chi connectivity index (χ0) is 31.8. The fraction of sp³-hybridized carbons (Fsp3) is 0.500. The first-order valence-corrected chi connectivity index (χ1v) is 14.8. The number of ether oxygens (including phenoxy) is 2. The van der Waals surface area contributed by atoms with Crippen LogP contribution in [-0.4, -0.2) is 85.2 Å². The Hall–Kier alpha value is -3.71. The minimum absolute atomic E-state index is 0.0571. The molecule has 0 aliphatic carbocycles. The van der Waals surface area contributed by atoms with E-state index in [0.717, 1.165) is 11.6 Å². The number of nitrogens with zero attached hydrogens (tertiary/aromatic N) is 3. The van der Waals surface area contributed by atoms with Crippen LogP contribution in [0.15, 0.2) is 36.4 Å². The standard InChI is InChI=1S/C30H35ClF3N5O5/c1-37(2)19-7-11-38(12-8-19)26(40)24(17-18-15-21(30(32,33)34)25(35)22(31)16-18)43-28(42)39-13-9-29(10-14-39)20-5-3-4-6-23(20)36-27(41)44-29/h3-6,15-16,19,24H,7-14,17,35H2,1-2H3,(H,36,41)/t24-/m1/s1. The highest BCUT2D eigenvalue weighted by Gasteiger charge is 2.46. The Morgan fingerprint density at radius 2 is 1.80 bits per heavy atom. The predicted octanol–water partition coefficient (Wildman–Crippen LogP) is 5.09. The molecular formula is C30H35ClF3N5O5. The van der Waals surface area contributed by atoms with Crippen LogP contribution in [0.3, 0.4) is 0 Å². The molecular weight excluding hydrogens is 603 g/mol. The zero-order valence-electron chi connectivity index (χ0n) is 24.5. The normalized spacial score (nSPS) is 19.3. The number of alkyl halides is 3. The fourth-order valence-electron chi connectivity index (χ4n) is 6.20. The monoisotopic (exact) mass is 637 g/mol. The molecule has 3 amide bonds. The van der Waals surface area contributed by atoms with E-state index < -0.39 is 47.2 Å². The summed E-state index contributed by atoms with van der Waals surface area (Å²) < 4.78 is 52.5. The first kappa shape index (κ1) is 31.7. The van der Waals surface area contributed by atoms with Gasteiger partial charge >= 0.3 is 18.4 Å². The van der Waals surface area contributed by atoms with Crippen molar-refractivity contribution < 1.29 is 37.0 Å². The Morgan fingerprint density at radius 3 is 2.43 bits per heavy atom. The van der Waals surface area contributed by atoms with E-state index >= 15 is 0 Å². The van der Waals surface area contributed by atoms with E-state index in [9.17, 15) is 27.6 Å². The van der Waals surface area contributed by atoms with Gasteiger partial charge < -0.3 is 29.9 Å². The maximum atomic E-state index is 13.7. The van der Waals surface area contributed by atoms with Crippen LogP contribution in [-0.2, 0) is 32.5 Å². The van der Waals surface area contributed by atoms with Crippen LogP contribution in [0.2, 0.25) is 5.02 Å². The molecule has 1 atom stereocenters. The van der Waals surface area contributed by atoms with Gasteiger partial charge in [0.2, 0.25) is 0 Å². The van der Waals surface area contributed by atoms with Crippen molar-refractivity contribution in [1.82, 2.24) is 14.7 Å². The van der Waals surface area contributed by atoms with Gasteiger partial charge in [0.1, 0.15) is 5.60 Å². The molecule has 0 bridgehead atoms. The summed E-state index contributed by atoms with van der Waals surface area (Å²) in [5, 5.41) is 2.38. The number of carbonyl (C=O) groups excluding carboxylic acids is 3. The van der Waals surface area contributed by atoms with Crippen LogP contribution in [0.4, 0.5) is 34.1 Å². The first-order valence-electron chi connectivity index (χ1n) is 14.4. The van der Waals surface area contributed by atoms with Gasteiger partial charge in [0.05, 0.1) is 22.0 Å². The van der Waals surface area contributed by atoms with E-state index in [2.05, 4.69) is 10.2 Å². The molecule has 238 valence electrons. The molecule has 0 unspecified atom stereocenters. The Morgan fingerprint density at radius 1 is 1.14 bits per heavy atom. The van der Waals surface area contributed by atoms with Crippen molar-refractivity contribution in [2.45, 2.75) is 56.0 Å². The zero-order valence-corrected chi connectivity index (χ0v) is 25.2. The smallest absolute Gasteiger partial charge is 0.418 e. The van der Waals surface area contributed by atoms with Gasteiger partial charge in [-0.25, -0.2) is 9.59 Å². The number of amides is 3. The van der Waals surface area contributed by atoms with Crippen molar-refractivity contribution in [2.24, 2.45) is 0 Å². The van der Waals surface area contributed by atoms with Crippen molar-refractivity contribution in [3.05, 3.63) is 58.1 Å². The molecule has 2 aromatic carbocycles. The molecule has 3 N–H and O–H groups in total. The molecule has 2 saturated heterocycles. The van der Waals surface area contributed by atoms with Gasteiger partial charge in [-0.15, -0.1) is 0 Å². The third-order valence-electron chi connectivity index (χ3n) is 8.71. The molecule has 1 spiro atoms. The highest BCUT2D eigenvalue weighted by atomic mass is 35.5. The first-order chi connectivity index (χ1) is 20.8. The van der Waals surface area contributed by atoms with Gasteiger partial charge in [0.25, 0.3) is 5.91 Å². The molecule has 14 heteroatoms. The number of fused-ring (bicyclic) bond motifs is 2. The minimum atomic E-state index is -4.77. The molecule has 3 aliphatic heterocycles. The van der Waals surface area contributed by atoms with E-state index in [1.54, 1.807) is 17.0 Å². The van der Waals surface area contributed by atoms with Crippen LogP contribution >= 0.6 is 11.6 Å². The van der Waals surface area contributed by atoms with Crippen molar-refractivity contribution in [3.8, 4) is 0 Å². The molecule has 10 nitrogen and oxygen atoms in total. The van der Waals surface area contributed by atoms with Crippen LogP contribution in [0, 0.1) is 0 Å². The van der Waals surface area contributed by atoms with Gasteiger partial charge in [-0.05, 0) is 50.7 Å². The van der Waals surface area contributed by atoms with Gasteiger partial charge in [0, 0.05) is 57.0 Å². The summed E-state index contributed by atoms with van der Waals surface area (Å²) in [6, 6.07) is 9.66. The number of rotatable bonds is 5. The maximum Gasteiger partial charge on any atom is 0.418 e. The van der Waals surface area contributed by atoms with Gasteiger partial charge in [-0.3, -0.25) is 10.1 Å². The molecule has 0 aromatic heterocycles. The van der Waals surface area contributed by atoms with E-state index in [1.165, 1.54) is 11.0 Å². The van der Waals surface area contributed by atoms with Crippen LogP contribution in [0.1, 0.15) is 42.4 Å². The van der Waals surface area contributed by atoms with E-state index in [-0.39, 0.29) is 36.1 Å². The molecule has 3 aliphatic rings. The number of hydrogen-bond acceptors (Lipinski definition) is 7. The third-order valence-corrected chi connectivity index (χ3v) is 9.03. The average Bonchev–Trinajstić information content (AvgIpc) is 2.98. The number of nitrogens with one attached hydrogen (secondary N) is 1. The summed E-state index contributed by atoms with van der Waals surface area (Å²) in [6.45, 7) is 1.16. The number of para-hydroxylation sites is 1. The molecule has 0 saturated carbocycles. The molecule has 3 heterocycles. The molecule has 2 fully saturated rings. The topological polar surface area (TPSA) is 117 Å². The second-order valence-corrected chi connectivity index (χ2v) is 12.1. The van der Waals surface area contributed by atoms with Gasteiger partial charge in [-0.1, -0.05) is 29.8 Å². The Bertz CT molecular complexity index is 1420. The largest absolute Gasteiger partial charge is 0.438 e. The lowest BCUT2D eigenvalue weighted by atomic mass is 9.82. The summed E-state index contributed by atoms with van der Waals surface area (Å²) in [7, 11) is 3.92. The minimum Gasteiger partial charge on any atom is -0.438 e. The number of carbonyl (C=O) groups is 3. The summed E-state index contributed by atoms with van der Waals surface area (Å²) >= 11 is 6.05. The Labute approximate surface area is 258 Å². The average molecular weight is 638 g/mol. The Balaban J connectivity index is 1.34. The van der Waals surface area contributed by atoms with Crippen molar-refractivity contribution in [1.29, 1.82) is 0 Å². The second-order valence-electron chi connectivity index (χ2n) is 11.7. The summed E-state index contributed by atoms with van der Waals surface area (Å²) in [5.41, 5.74) is 4.45. The number of nitrogen functional groups attached to an aromatic ring is 1. The molecule has 2 aromatic rings. The number of piperidine rings is 2.